The highest BCUT2D eigenvalue weighted by Crippen LogP contribution is 2.19. The molecule has 0 unspecified atom stereocenters. The van der Waals surface area contributed by atoms with Crippen LogP contribution in [0.15, 0.2) is 42.6 Å². The molecule has 0 aliphatic heterocycles. The zero-order valence-corrected chi connectivity index (χ0v) is 10.1. The van der Waals surface area contributed by atoms with Crippen LogP contribution >= 0.6 is 12.2 Å². The average molecular weight is 255 g/mol. The van der Waals surface area contributed by atoms with Gasteiger partial charge in [-0.1, -0.05) is 42.5 Å². The normalized spacial score (nSPS) is 10.4. The van der Waals surface area contributed by atoms with E-state index in [0.717, 1.165) is 11.3 Å². The fourth-order valence-corrected chi connectivity index (χ4v) is 1.88. The smallest absolute Gasteiger partial charge is 0.161 e. The summed E-state index contributed by atoms with van der Waals surface area (Å²) in [7, 11) is 0. The van der Waals surface area contributed by atoms with Crippen LogP contribution in [0.1, 0.15) is 0 Å². The number of benzene rings is 1. The number of hydrogen-bond donors (Lipinski definition) is 2. The Morgan fingerprint density at radius 1 is 1.11 bits per heavy atom. The molecule has 1 aromatic carbocycles. The van der Waals surface area contributed by atoms with E-state index < -0.39 is 0 Å². The minimum atomic E-state index is 0.519. The molecule has 5 nitrogen and oxygen atoms in total. The predicted octanol–water partition coefficient (Wildman–Crippen LogP) is 2.59. The number of H-pyrrole nitrogens is 2. The van der Waals surface area contributed by atoms with Crippen molar-refractivity contribution in [3.8, 4) is 22.8 Å². The van der Waals surface area contributed by atoms with E-state index in [-0.39, 0.29) is 0 Å². The maximum absolute atomic E-state index is 5.17. The van der Waals surface area contributed by atoms with Crippen LogP contribution in [0.5, 0.6) is 0 Å². The average Bonchev–Trinajstić information content (AvgIpc) is 2.93. The lowest BCUT2D eigenvalue weighted by molar-refractivity contribution is 0.938. The van der Waals surface area contributed by atoms with Crippen molar-refractivity contribution in [2.75, 3.05) is 0 Å². The van der Waals surface area contributed by atoms with Crippen molar-refractivity contribution in [2.24, 2.45) is 0 Å². The van der Waals surface area contributed by atoms with Gasteiger partial charge in [0.25, 0.3) is 0 Å². The second kappa shape index (κ2) is 4.50. The molecule has 0 radical (unpaired) electrons. The van der Waals surface area contributed by atoms with Crippen LogP contribution in [0.2, 0.25) is 0 Å². The topological polar surface area (TPSA) is 70.2 Å². The maximum Gasteiger partial charge on any atom is 0.161 e. The fraction of sp³-hybridized carbons (Fsp3) is 0. The summed E-state index contributed by atoms with van der Waals surface area (Å²) in [5.41, 5.74) is 2.60. The van der Waals surface area contributed by atoms with Crippen molar-refractivity contribution in [1.29, 1.82) is 0 Å². The highest BCUT2D eigenvalue weighted by molar-refractivity contribution is 7.71. The fourth-order valence-electron chi connectivity index (χ4n) is 1.67. The number of nitrogens with one attached hydrogen (secondary N) is 2. The first-order chi connectivity index (χ1) is 8.83. The van der Waals surface area contributed by atoms with E-state index in [4.69, 9.17) is 12.2 Å². The number of rotatable bonds is 2. The highest BCUT2D eigenvalue weighted by Gasteiger charge is 2.06. The molecule has 88 valence electrons. The molecule has 6 heteroatoms. The van der Waals surface area contributed by atoms with Crippen LogP contribution in [0, 0.1) is 4.64 Å². The summed E-state index contributed by atoms with van der Waals surface area (Å²) in [6.07, 6.45) is 1.60. The van der Waals surface area contributed by atoms with Gasteiger partial charge in [-0.05, 0) is 11.6 Å². The minimum Gasteiger partial charge on any atom is -0.338 e. The first-order valence-corrected chi connectivity index (χ1v) is 5.77. The zero-order valence-electron chi connectivity index (χ0n) is 9.29. The van der Waals surface area contributed by atoms with Crippen molar-refractivity contribution >= 4 is 12.2 Å². The Kier molecular flexibility index (Phi) is 2.70. The quantitative estimate of drug-likeness (QED) is 0.690. The van der Waals surface area contributed by atoms with Crippen LogP contribution in [0.25, 0.3) is 22.8 Å². The largest absolute Gasteiger partial charge is 0.338 e. The molecule has 0 bridgehead atoms. The van der Waals surface area contributed by atoms with Crippen LogP contribution < -0.4 is 0 Å². The van der Waals surface area contributed by atoms with Gasteiger partial charge in [0.2, 0.25) is 0 Å². The summed E-state index contributed by atoms with van der Waals surface area (Å²) in [6.45, 7) is 0. The second-order valence-corrected chi connectivity index (χ2v) is 4.12. The maximum atomic E-state index is 5.17. The van der Waals surface area contributed by atoms with Crippen LogP contribution in [0.3, 0.4) is 0 Å². The Hall–Kier alpha value is -2.34. The molecule has 2 heterocycles. The predicted molar refractivity (Wildman–Crippen MR) is 70.2 cm³/mol. The van der Waals surface area contributed by atoms with E-state index >= 15 is 0 Å². The summed E-state index contributed by atoms with van der Waals surface area (Å²) < 4.78 is 0.519. The molecular formula is C12H9N5S. The Labute approximate surface area is 108 Å². The molecular weight excluding hydrogens is 246 g/mol. The van der Waals surface area contributed by atoms with Gasteiger partial charge in [-0.15, -0.1) is 0 Å². The highest BCUT2D eigenvalue weighted by atomic mass is 32.1. The number of nitrogens with zero attached hydrogens (tertiary/aromatic N) is 3. The summed E-state index contributed by atoms with van der Waals surface area (Å²) >= 11 is 5.17. The monoisotopic (exact) mass is 255 g/mol. The Balaban J connectivity index is 2.15. The van der Waals surface area contributed by atoms with Gasteiger partial charge in [0.1, 0.15) is 10.3 Å². The molecule has 0 fully saturated rings. The Bertz CT molecular complexity index is 703. The lowest BCUT2D eigenvalue weighted by Crippen LogP contribution is -1.93. The van der Waals surface area contributed by atoms with Gasteiger partial charge < -0.3 is 4.98 Å². The van der Waals surface area contributed by atoms with Gasteiger partial charge in [-0.3, -0.25) is 0 Å². The summed E-state index contributed by atoms with van der Waals surface area (Å²) in [4.78, 5) is 7.44. The van der Waals surface area contributed by atoms with E-state index in [2.05, 4.69) is 25.4 Å². The molecule has 0 saturated heterocycles. The number of aromatic nitrogens is 5. The molecule has 2 aromatic heterocycles. The summed E-state index contributed by atoms with van der Waals surface area (Å²) in [6, 6.07) is 11.8. The zero-order chi connectivity index (χ0) is 12.4. The first kappa shape index (κ1) is 10.8. The van der Waals surface area contributed by atoms with Crippen molar-refractivity contribution in [3.63, 3.8) is 0 Å². The molecule has 0 saturated carbocycles. The minimum absolute atomic E-state index is 0.519. The Morgan fingerprint density at radius 2 is 1.94 bits per heavy atom. The van der Waals surface area contributed by atoms with Gasteiger partial charge >= 0.3 is 0 Å². The number of hydrogen-bond acceptors (Lipinski definition) is 4. The van der Waals surface area contributed by atoms with E-state index in [9.17, 15) is 0 Å². The van der Waals surface area contributed by atoms with Crippen LogP contribution in [-0.4, -0.2) is 25.4 Å². The SMILES string of the molecule is S=c1cc(-c2ccccc2)[nH]c(-c2cn[nH]n2)n1. The molecule has 0 aliphatic rings. The van der Waals surface area contributed by atoms with Gasteiger partial charge in [-0.2, -0.15) is 15.4 Å². The van der Waals surface area contributed by atoms with E-state index in [1.54, 1.807) is 6.20 Å². The molecule has 3 aromatic rings. The van der Waals surface area contributed by atoms with Gasteiger partial charge in [0.15, 0.2) is 5.82 Å². The standard InChI is InChI=1S/C12H9N5S/c18-11-6-9(8-4-2-1-3-5-8)14-12(15-11)10-7-13-17-16-10/h1-7H,(H,13,16,17)(H,14,15,18). The van der Waals surface area contributed by atoms with Gasteiger partial charge in [0.05, 0.1) is 6.20 Å². The van der Waals surface area contributed by atoms with Crippen LogP contribution in [-0.2, 0) is 0 Å². The molecule has 18 heavy (non-hydrogen) atoms. The second-order valence-electron chi connectivity index (χ2n) is 3.70. The summed E-state index contributed by atoms with van der Waals surface area (Å²) in [5.74, 6) is 0.607. The van der Waals surface area contributed by atoms with E-state index in [0.29, 0.717) is 16.2 Å². The third-order valence-electron chi connectivity index (χ3n) is 2.49. The molecule has 0 atom stereocenters. The third-order valence-corrected chi connectivity index (χ3v) is 2.69. The van der Waals surface area contributed by atoms with Crippen molar-refractivity contribution in [3.05, 3.63) is 47.2 Å². The van der Waals surface area contributed by atoms with Crippen molar-refractivity contribution in [1.82, 2.24) is 25.4 Å². The number of aromatic amines is 2. The third kappa shape index (κ3) is 2.05. The molecule has 0 aliphatic carbocycles. The molecule has 0 amide bonds. The molecule has 2 N–H and O–H groups in total. The van der Waals surface area contributed by atoms with E-state index in [1.807, 2.05) is 36.4 Å². The molecule has 0 spiro atoms. The van der Waals surface area contributed by atoms with Crippen molar-refractivity contribution < 1.29 is 0 Å². The first-order valence-electron chi connectivity index (χ1n) is 5.36. The van der Waals surface area contributed by atoms with E-state index in [1.165, 1.54) is 0 Å². The Morgan fingerprint density at radius 3 is 2.67 bits per heavy atom. The lowest BCUT2D eigenvalue weighted by Gasteiger charge is -2.03. The van der Waals surface area contributed by atoms with Gasteiger partial charge in [-0.25, -0.2) is 4.98 Å². The van der Waals surface area contributed by atoms with Crippen molar-refractivity contribution in [2.45, 2.75) is 0 Å². The molecule has 3 rings (SSSR count). The lowest BCUT2D eigenvalue weighted by atomic mass is 10.1. The summed E-state index contributed by atoms with van der Waals surface area (Å²) in [5, 5.41) is 10.3. The van der Waals surface area contributed by atoms with Gasteiger partial charge in [0, 0.05) is 5.69 Å². The van der Waals surface area contributed by atoms with Crippen LogP contribution in [0.4, 0.5) is 0 Å².